The second kappa shape index (κ2) is 33.8. The standard InChI is InChI=1S/C47H28N2OS.2C41H26N2S/c1-2-11-29(12-3-1)32-27-38(48-39(28-32)31-21-24-45-37(26-31)34-15-6-9-20-44(34)51-45)30-13-10-14-33(25-30)49-40-18-7-4-16-35(40)46-41(49)22-23-43-47(46)36-17-5-8-19-42(36)50-43;1-2-11-27(12-3-1)36-24-30(25-37(42-36)29-21-22-35-34-17-6-9-20-40(34)44-41(35)26-29)28-13-10-14-31(23-28)43-38-18-7-4-15-32(38)33-16-5-8-19-39(33)43;1-2-10-28(11-3-1)36-25-30(26-37(42-36)29-20-23-41-35(24-29)34-14-6-9-17-40(34)44-41)27-18-21-31(22-19-27)43-38-15-7-4-12-32(38)33-13-5-8-16-39(33)43/h1-28H;2*1-26H. The third-order valence-corrected chi connectivity index (χ3v) is 30.8. The Labute approximate surface area is 811 Å². The molecule has 0 aliphatic carbocycles. The number of para-hydroxylation sites is 6. The van der Waals surface area contributed by atoms with Crippen molar-refractivity contribution in [2.24, 2.45) is 0 Å². The minimum Gasteiger partial charge on any atom is -0.456 e. The van der Waals surface area contributed by atoms with Crippen LogP contribution in [0.5, 0.6) is 0 Å². The number of nitrogens with zero attached hydrogens (tertiary/aromatic N) is 6. The molecule has 0 bridgehead atoms. The molecule has 7 nitrogen and oxygen atoms in total. The monoisotopic (exact) mass is 1820 g/mol. The van der Waals surface area contributed by atoms with Crippen molar-refractivity contribution in [1.29, 1.82) is 0 Å². The third kappa shape index (κ3) is 14.3. The van der Waals surface area contributed by atoms with Gasteiger partial charge in [-0.1, -0.05) is 315 Å². The van der Waals surface area contributed by atoms with Gasteiger partial charge in [-0.3, -0.25) is 0 Å². The minimum absolute atomic E-state index is 0.906. The number of aromatic nitrogens is 6. The molecule has 0 atom stereocenters. The molecule has 650 valence electrons. The van der Waals surface area contributed by atoms with Gasteiger partial charge in [0, 0.05) is 154 Å². The molecule has 0 fully saturated rings. The van der Waals surface area contributed by atoms with Crippen LogP contribution in [0.4, 0.5) is 0 Å². The highest BCUT2D eigenvalue weighted by molar-refractivity contribution is 7.26. The molecule has 10 heterocycles. The number of hydrogen-bond donors (Lipinski definition) is 0. The number of thiophene rings is 3. The lowest BCUT2D eigenvalue weighted by molar-refractivity contribution is 0.669. The van der Waals surface area contributed by atoms with Crippen molar-refractivity contribution < 1.29 is 4.42 Å². The van der Waals surface area contributed by atoms with E-state index in [1.54, 1.807) is 0 Å². The van der Waals surface area contributed by atoms with Gasteiger partial charge in [0.15, 0.2) is 0 Å². The SMILES string of the molecule is c1ccc(-c2cc(-c3ccc(-n4c5ccccc5c5ccccc54)cc3)cc(-c3ccc4sc5ccccc5c4c3)n2)cc1.c1ccc(-c2cc(-c3cccc(-n4c5ccccc5c5c6c(ccc54)oc4ccccc46)c3)nc(-c3ccc4sc5ccccc5c4c3)c2)cc1.c1ccc(-c2cc(-c3cccc(-n4c5ccccc5c5ccccc54)c3)cc(-c3ccc4c(c3)sc3ccccc34)n2)cc1. The van der Waals surface area contributed by atoms with Crippen molar-refractivity contribution in [3.8, 4) is 118 Å². The molecule has 19 aromatic carbocycles. The fourth-order valence-electron chi connectivity index (χ4n) is 20.9. The Bertz CT molecular complexity index is 9820. The van der Waals surface area contributed by atoms with Crippen LogP contribution in [0.2, 0.25) is 0 Å². The van der Waals surface area contributed by atoms with Crippen LogP contribution >= 0.6 is 34.0 Å². The van der Waals surface area contributed by atoms with Gasteiger partial charge in [-0.25, -0.2) is 15.0 Å². The molecule has 0 radical (unpaired) electrons. The number of benzene rings is 19. The van der Waals surface area contributed by atoms with Crippen molar-refractivity contribution in [1.82, 2.24) is 28.7 Å². The van der Waals surface area contributed by atoms with Crippen molar-refractivity contribution >= 4 is 182 Å². The molecule has 29 rings (SSSR count). The van der Waals surface area contributed by atoms with E-state index in [0.29, 0.717) is 0 Å². The summed E-state index contributed by atoms with van der Waals surface area (Å²) in [6, 6.07) is 174. The molecule has 0 aliphatic rings. The Morgan fingerprint density at radius 3 is 0.964 bits per heavy atom. The van der Waals surface area contributed by atoms with Gasteiger partial charge in [0.1, 0.15) is 11.2 Å². The Balaban J connectivity index is 0.000000105. The normalized spacial score (nSPS) is 11.7. The Hall–Kier alpha value is -17.5. The number of hydrogen-bond acceptors (Lipinski definition) is 7. The van der Waals surface area contributed by atoms with Crippen LogP contribution < -0.4 is 0 Å². The summed E-state index contributed by atoms with van der Waals surface area (Å²) in [6.07, 6.45) is 0. The molecule has 0 N–H and O–H groups in total. The summed E-state index contributed by atoms with van der Waals surface area (Å²) in [7, 11) is 0. The van der Waals surface area contributed by atoms with Crippen LogP contribution in [0.25, 0.3) is 266 Å². The van der Waals surface area contributed by atoms with E-state index in [0.717, 1.165) is 145 Å². The summed E-state index contributed by atoms with van der Waals surface area (Å²) in [4.78, 5) is 15.8. The molecule has 0 saturated carbocycles. The molecular formula is C129H80N6OS3. The van der Waals surface area contributed by atoms with Crippen molar-refractivity contribution in [3.05, 3.63) is 485 Å². The van der Waals surface area contributed by atoms with E-state index in [9.17, 15) is 0 Å². The average molecular weight is 1830 g/mol. The number of rotatable bonds is 12. The first-order valence-electron chi connectivity index (χ1n) is 47.0. The van der Waals surface area contributed by atoms with Crippen molar-refractivity contribution in [2.75, 3.05) is 0 Å². The zero-order valence-corrected chi connectivity index (χ0v) is 77.5. The highest BCUT2D eigenvalue weighted by Crippen LogP contribution is 2.47. The molecule has 0 unspecified atom stereocenters. The fraction of sp³-hybridized carbons (Fsp3) is 0. The lowest BCUT2D eigenvalue weighted by Crippen LogP contribution is -1.96. The van der Waals surface area contributed by atoms with E-state index in [4.69, 9.17) is 19.4 Å². The first-order valence-corrected chi connectivity index (χ1v) is 49.4. The molecule has 0 aliphatic heterocycles. The summed E-state index contributed by atoms with van der Waals surface area (Å²) < 4.78 is 21.3. The highest BCUT2D eigenvalue weighted by atomic mass is 32.1. The van der Waals surface area contributed by atoms with E-state index in [1.807, 2.05) is 40.1 Å². The van der Waals surface area contributed by atoms with Crippen LogP contribution in [-0.4, -0.2) is 28.7 Å². The Morgan fingerprint density at radius 1 is 0.151 bits per heavy atom. The maximum atomic E-state index is 6.32. The zero-order chi connectivity index (χ0) is 91.5. The highest BCUT2D eigenvalue weighted by Gasteiger charge is 2.24. The predicted molar refractivity (Wildman–Crippen MR) is 591 cm³/mol. The van der Waals surface area contributed by atoms with Gasteiger partial charge in [0.25, 0.3) is 0 Å². The lowest BCUT2D eigenvalue weighted by Gasteiger charge is -2.13. The maximum Gasteiger partial charge on any atom is 0.136 e. The minimum atomic E-state index is 0.906. The van der Waals surface area contributed by atoms with Gasteiger partial charge < -0.3 is 18.1 Å². The molecule has 10 heteroatoms. The van der Waals surface area contributed by atoms with E-state index in [1.165, 1.54) is 120 Å². The summed E-state index contributed by atoms with van der Waals surface area (Å²) in [6.45, 7) is 0. The summed E-state index contributed by atoms with van der Waals surface area (Å²) in [5.74, 6) is 0. The van der Waals surface area contributed by atoms with E-state index >= 15 is 0 Å². The molecule has 139 heavy (non-hydrogen) atoms. The van der Waals surface area contributed by atoms with Gasteiger partial charge in [-0.15, -0.1) is 34.0 Å². The number of pyridine rings is 3. The first kappa shape index (κ1) is 81.1. The van der Waals surface area contributed by atoms with E-state index in [-0.39, 0.29) is 0 Å². The first-order chi connectivity index (χ1) is 68.9. The van der Waals surface area contributed by atoms with Crippen LogP contribution in [0.1, 0.15) is 0 Å². The topological polar surface area (TPSA) is 66.6 Å². The number of fused-ring (bicyclic) bond motifs is 22. The molecular weight excluding hydrogens is 1750 g/mol. The smallest absolute Gasteiger partial charge is 0.136 e. The van der Waals surface area contributed by atoms with Gasteiger partial charge in [-0.2, -0.15) is 0 Å². The van der Waals surface area contributed by atoms with Gasteiger partial charge >= 0.3 is 0 Å². The Kier molecular flexibility index (Phi) is 19.7. The van der Waals surface area contributed by atoms with Crippen LogP contribution in [0.15, 0.2) is 490 Å². The van der Waals surface area contributed by atoms with Crippen LogP contribution in [-0.2, 0) is 0 Å². The van der Waals surface area contributed by atoms with Gasteiger partial charge in [-0.05, 0) is 203 Å². The van der Waals surface area contributed by atoms with E-state index < -0.39 is 0 Å². The summed E-state index contributed by atoms with van der Waals surface area (Å²) >= 11 is 5.53. The quantitative estimate of drug-likeness (QED) is 0.122. The maximum absolute atomic E-state index is 6.32. The number of furan rings is 1. The average Bonchev–Trinajstić information content (AvgIpc) is 1.55. The largest absolute Gasteiger partial charge is 0.456 e. The lowest BCUT2D eigenvalue weighted by atomic mass is 9.99. The van der Waals surface area contributed by atoms with Crippen LogP contribution in [0.3, 0.4) is 0 Å². The Morgan fingerprint density at radius 2 is 0.468 bits per heavy atom. The van der Waals surface area contributed by atoms with Crippen LogP contribution in [0, 0.1) is 0 Å². The second-order valence-electron chi connectivity index (χ2n) is 35.6. The second-order valence-corrected chi connectivity index (χ2v) is 38.8. The zero-order valence-electron chi connectivity index (χ0n) is 75.0. The third-order valence-electron chi connectivity index (χ3n) is 27.4. The van der Waals surface area contributed by atoms with Crippen molar-refractivity contribution in [3.63, 3.8) is 0 Å². The molecule has 0 amide bonds. The molecule has 10 aromatic heterocycles. The van der Waals surface area contributed by atoms with Crippen molar-refractivity contribution in [2.45, 2.75) is 0 Å². The molecule has 0 saturated heterocycles. The van der Waals surface area contributed by atoms with Gasteiger partial charge in [0.05, 0.1) is 67.3 Å². The molecule has 0 spiro atoms. The van der Waals surface area contributed by atoms with Gasteiger partial charge in [0.2, 0.25) is 0 Å². The summed E-state index contributed by atoms with van der Waals surface area (Å²) in [5, 5.41) is 17.5. The summed E-state index contributed by atoms with van der Waals surface area (Å²) in [5.41, 5.74) is 31.7. The molecule has 29 aromatic rings. The van der Waals surface area contributed by atoms with E-state index in [2.05, 4.69) is 493 Å². The fourth-order valence-corrected chi connectivity index (χ4v) is 24.2. The predicted octanol–water partition coefficient (Wildman–Crippen LogP) is 36.5.